The molecule has 6 heteroatoms. The zero-order chi connectivity index (χ0) is 17.7. The van der Waals surface area contributed by atoms with Gasteiger partial charge in [-0.1, -0.05) is 35.9 Å². The lowest BCUT2D eigenvalue weighted by Crippen LogP contribution is -1.90. The van der Waals surface area contributed by atoms with E-state index in [0.717, 1.165) is 38.2 Å². The van der Waals surface area contributed by atoms with Gasteiger partial charge in [0.2, 0.25) is 0 Å². The van der Waals surface area contributed by atoms with Gasteiger partial charge in [0.15, 0.2) is 0 Å². The number of aromatic hydroxyl groups is 1. The molecule has 2 aromatic carbocycles. The zero-order valence-corrected chi connectivity index (χ0v) is 15.0. The molecule has 0 aliphatic rings. The number of thiazole rings is 1. The van der Waals surface area contributed by atoms with Crippen molar-refractivity contribution in [1.29, 1.82) is 0 Å². The Morgan fingerprint density at radius 1 is 0.962 bits per heavy atom. The number of halogens is 1. The fraction of sp³-hybridized carbons (Fsp3) is 0. The molecule has 126 valence electrons. The molecule has 5 aromatic rings. The maximum absolute atomic E-state index is 10.1. The molecule has 0 unspecified atom stereocenters. The number of hydrogen-bond donors (Lipinski definition) is 2. The van der Waals surface area contributed by atoms with Crippen LogP contribution in [-0.4, -0.2) is 20.1 Å². The van der Waals surface area contributed by atoms with Crippen LogP contribution in [0, 0.1) is 0 Å². The van der Waals surface area contributed by atoms with Crippen molar-refractivity contribution in [2.75, 3.05) is 0 Å². The molecule has 2 N–H and O–H groups in total. The Hall–Kier alpha value is -2.89. The number of para-hydroxylation sites is 2. The lowest BCUT2D eigenvalue weighted by molar-refractivity contribution is 0.477. The van der Waals surface area contributed by atoms with Gasteiger partial charge in [-0.2, -0.15) is 0 Å². The average Bonchev–Trinajstić information content (AvgIpc) is 3.32. The predicted molar refractivity (Wildman–Crippen MR) is 107 cm³/mol. The minimum Gasteiger partial charge on any atom is -0.507 e. The van der Waals surface area contributed by atoms with Crippen LogP contribution in [0.25, 0.3) is 43.8 Å². The van der Waals surface area contributed by atoms with Crippen molar-refractivity contribution >= 4 is 44.7 Å². The Labute approximate surface area is 157 Å². The van der Waals surface area contributed by atoms with Crippen LogP contribution in [0.2, 0.25) is 5.02 Å². The predicted octanol–water partition coefficient (Wildman–Crippen LogP) is 5.87. The van der Waals surface area contributed by atoms with Crippen LogP contribution in [0.4, 0.5) is 0 Å². The molecule has 0 spiro atoms. The minimum atomic E-state index is 0.216. The van der Waals surface area contributed by atoms with Crippen LogP contribution in [-0.2, 0) is 0 Å². The molecular formula is C20H12ClN3OS. The molecule has 3 heterocycles. The number of hydrogen-bond acceptors (Lipinski definition) is 4. The molecule has 26 heavy (non-hydrogen) atoms. The minimum absolute atomic E-state index is 0.216. The molecule has 0 amide bonds. The molecule has 0 aliphatic heterocycles. The number of pyridine rings is 1. The van der Waals surface area contributed by atoms with Gasteiger partial charge in [0.25, 0.3) is 0 Å². The number of H-pyrrole nitrogens is 1. The van der Waals surface area contributed by atoms with Gasteiger partial charge in [-0.15, -0.1) is 11.3 Å². The summed E-state index contributed by atoms with van der Waals surface area (Å²) in [5, 5.41) is 15.5. The highest BCUT2D eigenvalue weighted by atomic mass is 35.5. The second kappa shape index (κ2) is 5.83. The molecule has 0 atom stereocenters. The van der Waals surface area contributed by atoms with E-state index >= 15 is 0 Å². The van der Waals surface area contributed by atoms with E-state index in [1.165, 1.54) is 11.3 Å². The van der Waals surface area contributed by atoms with E-state index in [9.17, 15) is 5.11 Å². The van der Waals surface area contributed by atoms with Crippen LogP contribution in [0.5, 0.6) is 5.75 Å². The highest BCUT2D eigenvalue weighted by Crippen LogP contribution is 2.37. The monoisotopic (exact) mass is 377 g/mol. The lowest BCUT2D eigenvalue weighted by Gasteiger charge is -2.06. The number of fused-ring (bicyclic) bond motifs is 3. The molecule has 0 fully saturated rings. The fourth-order valence-electron chi connectivity index (χ4n) is 3.15. The molecule has 0 bridgehead atoms. The van der Waals surface area contributed by atoms with Gasteiger partial charge in [-0.3, -0.25) is 0 Å². The summed E-state index contributed by atoms with van der Waals surface area (Å²) in [5.41, 5.74) is 3.90. The van der Waals surface area contributed by atoms with Gasteiger partial charge in [0.05, 0.1) is 21.6 Å². The first kappa shape index (κ1) is 15.4. The maximum atomic E-state index is 10.1. The average molecular weight is 378 g/mol. The van der Waals surface area contributed by atoms with Gasteiger partial charge in [0, 0.05) is 22.3 Å². The van der Waals surface area contributed by atoms with Crippen molar-refractivity contribution in [2.45, 2.75) is 0 Å². The Morgan fingerprint density at radius 3 is 2.73 bits per heavy atom. The summed E-state index contributed by atoms with van der Waals surface area (Å²) in [6.07, 6.45) is 1.90. The topological polar surface area (TPSA) is 61.8 Å². The summed E-state index contributed by atoms with van der Waals surface area (Å²) in [7, 11) is 0. The molecule has 3 aromatic heterocycles. The maximum Gasteiger partial charge on any atom is 0.127 e. The largest absolute Gasteiger partial charge is 0.507 e. The Bertz CT molecular complexity index is 1270. The molecule has 0 saturated heterocycles. The van der Waals surface area contributed by atoms with Crippen LogP contribution in [0.1, 0.15) is 0 Å². The van der Waals surface area contributed by atoms with Gasteiger partial charge in [0.1, 0.15) is 22.1 Å². The summed E-state index contributed by atoms with van der Waals surface area (Å²) in [6.45, 7) is 0. The molecule has 4 nitrogen and oxygen atoms in total. The van der Waals surface area contributed by atoms with Crippen molar-refractivity contribution in [3.05, 3.63) is 65.1 Å². The van der Waals surface area contributed by atoms with Crippen LogP contribution in [0.3, 0.4) is 0 Å². The number of phenols is 1. The Kier molecular flexibility index (Phi) is 3.45. The highest BCUT2D eigenvalue weighted by molar-refractivity contribution is 7.13. The third-order valence-electron chi connectivity index (χ3n) is 4.37. The van der Waals surface area contributed by atoms with Gasteiger partial charge < -0.3 is 10.1 Å². The normalized spacial score (nSPS) is 11.4. The van der Waals surface area contributed by atoms with E-state index in [1.807, 2.05) is 48.0 Å². The van der Waals surface area contributed by atoms with E-state index in [2.05, 4.69) is 4.98 Å². The molecule has 0 saturated carbocycles. The van der Waals surface area contributed by atoms with E-state index in [-0.39, 0.29) is 5.75 Å². The summed E-state index contributed by atoms with van der Waals surface area (Å²) in [5.74, 6) is 0.216. The van der Waals surface area contributed by atoms with Crippen molar-refractivity contribution in [2.24, 2.45) is 0 Å². The van der Waals surface area contributed by atoms with E-state index in [4.69, 9.17) is 21.6 Å². The second-order valence-corrected chi connectivity index (χ2v) is 7.18. The molecule has 5 rings (SSSR count). The standard InChI is InChI=1S/C20H12ClN3OS/c21-14-6-3-5-11-12-8-9-22-18(12)19(24-17(11)14)15-10-26-20(23-15)13-4-1-2-7-16(13)25/h1-10,22,25H. The van der Waals surface area contributed by atoms with Crippen LogP contribution < -0.4 is 0 Å². The summed E-state index contributed by atoms with van der Waals surface area (Å²) in [4.78, 5) is 12.8. The zero-order valence-electron chi connectivity index (χ0n) is 13.4. The first-order valence-electron chi connectivity index (χ1n) is 8.02. The third kappa shape index (κ3) is 2.29. The lowest BCUT2D eigenvalue weighted by atomic mass is 10.1. The SMILES string of the molecule is Oc1ccccc1-c1nc(-c2nc3c(Cl)cccc3c3cc[nH]c23)cs1. The number of phenolic OH excluding ortho intramolecular Hbond substituents is 1. The quantitative estimate of drug-likeness (QED) is 0.404. The number of benzene rings is 2. The number of nitrogens with zero attached hydrogens (tertiary/aromatic N) is 2. The third-order valence-corrected chi connectivity index (χ3v) is 5.55. The first-order valence-corrected chi connectivity index (χ1v) is 9.28. The van der Waals surface area contributed by atoms with Crippen LogP contribution >= 0.6 is 22.9 Å². The van der Waals surface area contributed by atoms with E-state index in [0.29, 0.717) is 10.6 Å². The van der Waals surface area contributed by atoms with E-state index < -0.39 is 0 Å². The second-order valence-electron chi connectivity index (χ2n) is 5.92. The molecule has 0 aliphatic carbocycles. The molecular weight excluding hydrogens is 366 g/mol. The molecule has 0 radical (unpaired) electrons. The van der Waals surface area contributed by atoms with Crippen molar-refractivity contribution in [1.82, 2.24) is 15.0 Å². The van der Waals surface area contributed by atoms with Crippen molar-refractivity contribution in [3.63, 3.8) is 0 Å². The summed E-state index contributed by atoms with van der Waals surface area (Å²) < 4.78 is 0. The van der Waals surface area contributed by atoms with E-state index in [1.54, 1.807) is 12.1 Å². The summed E-state index contributed by atoms with van der Waals surface area (Å²) >= 11 is 7.86. The Morgan fingerprint density at radius 2 is 1.85 bits per heavy atom. The fourth-order valence-corrected chi connectivity index (χ4v) is 4.20. The number of aromatic nitrogens is 3. The van der Waals surface area contributed by atoms with Crippen molar-refractivity contribution < 1.29 is 5.11 Å². The van der Waals surface area contributed by atoms with Gasteiger partial charge in [-0.25, -0.2) is 9.97 Å². The van der Waals surface area contributed by atoms with Crippen molar-refractivity contribution in [3.8, 4) is 27.7 Å². The summed E-state index contributed by atoms with van der Waals surface area (Å²) in [6, 6.07) is 15.0. The highest BCUT2D eigenvalue weighted by Gasteiger charge is 2.16. The Balaban J connectivity index is 1.76. The number of nitrogens with one attached hydrogen (secondary N) is 1. The van der Waals surface area contributed by atoms with Gasteiger partial charge >= 0.3 is 0 Å². The van der Waals surface area contributed by atoms with Crippen LogP contribution in [0.15, 0.2) is 60.1 Å². The van der Waals surface area contributed by atoms with Gasteiger partial charge in [-0.05, 0) is 24.3 Å². The smallest absolute Gasteiger partial charge is 0.127 e. The number of aromatic amines is 1. The first-order chi connectivity index (χ1) is 12.7. The number of rotatable bonds is 2.